The topological polar surface area (TPSA) is 17.8 Å². The maximum Gasteiger partial charge on any atom is 0.130 e. The Hall–Kier alpha value is -0.500. The first-order chi connectivity index (χ1) is 5.70. The largest absolute Gasteiger partial charge is 0.251 e. The fourth-order valence-corrected chi connectivity index (χ4v) is 2.15. The second kappa shape index (κ2) is 2.77. The fraction of sp³-hybridized carbons (Fsp3) is 0.667. The Morgan fingerprint density at radius 1 is 1.42 bits per heavy atom. The normalized spacial score (nSPS) is 15.7. The van der Waals surface area contributed by atoms with E-state index in [1.807, 2.05) is 4.68 Å². The number of hydrogen-bond acceptors (Lipinski definition) is 1. The molecule has 0 aromatic carbocycles. The molecule has 1 aliphatic carbocycles. The molecule has 12 heavy (non-hydrogen) atoms. The van der Waals surface area contributed by atoms with Gasteiger partial charge in [0.15, 0.2) is 0 Å². The van der Waals surface area contributed by atoms with E-state index in [-0.39, 0.29) is 0 Å². The molecule has 0 radical (unpaired) electrons. The first kappa shape index (κ1) is 8.11. The minimum absolute atomic E-state index is 0.378. The molecule has 3 heteroatoms. The zero-order valence-corrected chi connectivity index (χ0v) is 8.23. The predicted octanol–water partition coefficient (Wildman–Crippen LogP) is 2.61. The Balaban J connectivity index is 2.47. The lowest BCUT2D eigenvalue weighted by Gasteiger charge is -2.06. The van der Waals surface area contributed by atoms with E-state index in [0.717, 1.165) is 18.0 Å². The Morgan fingerprint density at radius 3 is 2.75 bits per heavy atom. The van der Waals surface area contributed by atoms with Gasteiger partial charge in [-0.1, -0.05) is 11.6 Å². The number of halogens is 1. The molecule has 0 amide bonds. The van der Waals surface area contributed by atoms with Crippen LogP contribution >= 0.6 is 11.6 Å². The van der Waals surface area contributed by atoms with Crippen LogP contribution in [0, 0.1) is 0 Å². The van der Waals surface area contributed by atoms with E-state index in [4.69, 9.17) is 11.6 Å². The van der Waals surface area contributed by atoms with Gasteiger partial charge in [-0.15, -0.1) is 0 Å². The first-order valence-electron chi connectivity index (χ1n) is 4.46. The molecule has 0 N–H and O–H groups in total. The molecule has 66 valence electrons. The van der Waals surface area contributed by atoms with Gasteiger partial charge in [0.05, 0.1) is 5.69 Å². The van der Waals surface area contributed by atoms with Crippen LogP contribution in [0.1, 0.15) is 37.6 Å². The molecule has 0 aliphatic heterocycles. The van der Waals surface area contributed by atoms with Crippen LogP contribution in [0.25, 0.3) is 0 Å². The average molecular weight is 185 g/mol. The van der Waals surface area contributed by atoms with Crippen LogP contribution in [0.3, 0.4) is 0 Å². The highest BCUT2D eigenvalue weighted by Crippen LogP contribution is 2.29. The quantitative estimate of drug-likeness (QED) is 0.656. The summed E-state index contributed by atoms with van der Waals surface area (Å²) in [5.74, 6) is 0. The van der Waals surface area contributed by atoms with E-state index in [2.05, 4.69) is 18.9 Å². The Kier molecular flexibility index (Phi) is 1.87. The lowest BCUT2D eigenvalue weighted by atomic mass is 10.3. The van der Waals surface area contributed by atoms with Crippen molar-refractivity contribution < 1.29 is 0 Å². The highest BCUT2D eigenvalue weighted by atomic mass is 35.5. The number of fused-ring (bicyclic) bond motifs is 1. The SMILES string of the molecule is CC(C)n1nc2c(c1Cl)CCC2. The summed E-state index contributed by atoms with van der Waals surface area (Å²) in [6.45, 7) is 4.21. The van der Waals surface area contributed by atoms with Gasteiger partial charge >= 0.3 is 0 Å². The molecule has 0 unspecified atom stereocenters. The fourth-order valence-electron chi connectivity index (χ4n) is 1.71. The lowest BCUT2D eigenvalue weighted by Crippen LogP contribution is -2.03. The van der Waals surface area contributed by atoms with Crippen molar-refractivity contribution in [2.75, 3.05) is 0 Å². The van der Waals surface area contributed by atoms with Gasteiger partial charge in [-0.25, -0.2) is 0 Å². The van der Waals surface area contributed by atoms with Gasteiger partial charge in [0.1, 0.15) is 5.15 Å². The Morgan fingerprint density at radius 2 is 2.17 bits per heavy atom. The summed E-state index contributed by atoms with van der Waals surface area (Å²) < 4.78 is 1.92. The van der Waals surface area contributed by atoms with Gasteiger partial charge in [-0.05, 0) is 33.1 Å². The third-order valence-electron chi connectivity index (χ3n) is 2.36. The number of aryl methyl sites for hydroxylation is 1. The van der Waals surface area contributed by atoms with Crippen molar-refractivity contribution in [3.63, 3.8) is 0 Å². The highest BCUT2D eigenvalue weighted by Gasteiger charge is 2.21. The summed E-state index contributed by atoms with van der Waals surface area (Å²) in [6.07, 6.45) is 3.44. The summed E-state index contributed by atoms with van der Waals surface area (Å²) in [5, 5.41) is 5.33. The average Bonchev–Trinajstić information content (AvgIpc) is 2.53. The van der Waals surface area contributed by atoms with Crippen LogP contribution in [-0.4, -0.2) is 9.78 Å². The summed E-state index contributed by atoms with van der Waals surface area (Å²) in [7, 11) is 0. The minimum Gasteiger partial charge on any atom is -0.251 e. The molecule has 2 nitrogen and oxygen atoms in total. The van der Waals surface area contributed by atoms with Crippen molar-refractivity contribution in [2.24, 2.45) is 0 Å². The predicted molar refractivity (Wildman–Crippen MR) is 49.6 cm³/mol. The van der Waals surface area contributed by atoms with Crippen LogP contribution in [0.15, 0.2) is 0 Å². The number of aromatic nitrogens is 2. The third kappa shape index (κ3) is 1.06. The Labute approximate surface area is 77.5 Å². The molecule has 0 atom stereocenters. The molecule has 0 bridgehead atoms. The molecular weight excluding hydrogens is 172 g/mol. The van der Waals surface area contributed by atoms with Crippen LogP contribution in [0.5, 0.6) is 0 Å². The molecule has 1 aliphatic rings. The monoisotopic (exact) mass is 184 g/mol. The van der Waals surface area contributed by atoms with Crippen molar-refractivity contribution in [3.05, 3.63) is 16.4 Å². The van der Waals surface area contributed by atoms with Crippen LogP contribution in [-0.2, 0) is 12.8 Å². The van der Waals surface area contributed by atoms with Crippen molar-refractivity contribution in [1.82, 2.24) is 9.78 Å². The minimum atomic E-state index is 0.378. The van der Waals surface area contributed by atoms with Gasteiger partial charge in [0.25, 0.3) is 0 Å². The molecule has 0 saturated heterocycles. The summed E-state index contributed by atoms with van der Waals surface area (Å²) in [6, 6.07) is 0.378. The van der Waals surface area contributed by atoms with E-state index >= 15 is 0 Å². The molecular formula is C9H13ClN2. The smallest absolute Gasteiger partial charge is 0.130 e. The van der Waals surface area contributed by atoms with Crippen LogP contribution < -0.4 is 0 Å². The standard InChI is InChI=1S/C9H13ClN2/c1-6(2)12-9(10)7-4-3-5-8(7)11-12/h6H,3-5H2,1-2H3. The van der Waals surface area contributed by atoms with Crippen molar-refractivity contribution in [1.29, 1.82) is 0 Å². The van der Waals surface area contributed by atoms with Gasteiger partial charge in [-0.2, -0.15) is 5.10 Å². The summed E-state index contributed by atoms with van der Waals surface area (Å²) in [5.41, 5.74) is 2.50. The first-order valence-corrected chi connectivity index (χ1v) is 4.83. The molecule has 1 heterocycles. The van der Waals surface area contributed by atoms with E-state index in [0.29, 0.717) is 6.04 Å². The third-order valence-corrected chi connectivity index (χ3v) is 2.76. The molecule has 1 aromatic rings. The molecule has 0 spiro atoms. The number of nitrogens with zero attached hydrogens (tertiary/aromatic N) is 2. The molecule has 0 saturated carbocycles. The second-order valence-corrected chi connectivity index (χ2v) is 3.97. The molecule has 1 aromatic heterocycles. The van der Waals surface area contributed by atoms with Crippen LogP contribution in [0.2, 0.25) is 5.15 Å². The molecule has 0 fully saturated rings. The second-order valence-electron chi connectivity index (χ2n) is 3.61. The molecule has 2 rings (SSSR count). The van der Waals surface area contributed by atoms with E-state index in [9.17, 15) is 0 Å². The Bertz CT molecular complexity index is 302. The zero-order valence-electron chi connectivity index (χ0n) is 7.47. The van der Waals surface area contributed by atoms with Crippen molar-refractivity contribution in [2.45, 2.75) is 39.2 Å². The van der Waals surface area contributed by atoms with Gasteiger partial charge in [0, 0.05) is 11.6 Å². The maximum atomic E-state index is 6.17. The van der Waals surface area contributed by atoms with E-state index in [1.54, 1.807) is 0 Å². The summed E-state index contributed by atoms with van der Waals surface area (Å²) in [4.78, 5) is 0. The van der Waals surface area contributed by atoms with E-state index < -0.39 is 0 Å². The maximum absolute atomic E-state index is 6.17. The summed E-state index contributed by atoms with van der Waals surface area (Å²) >= 11 is 6.17. The number of rotatable bonds is 1. The van der Waals surface area contributed by atoms with E-state index in [1.165, 1.54) is 17.7 Å². The van der Waals surface area contributed by atoms with Crippen molar-refractivity contribution in [3.8, 4) is 0 Å². The van der Waals surface area contributed by atoms with Gasteiger partial charge in [0.2, 0.25) is 0 Å². The van der Waals surface area contributed by atoms with Gasteiger partial charge < -0.3 is 0 Å². The van der Waals surface area contributed by atoms with Crippen molar-refractivity contribution >= 4 is 11.6 Å². The van der Waals surface area contributed by atoms with Crippen LogP contribution in [0.4, 0.5) is 0 Å². The lowest BCUT2D eigenvalue weighted by molar-refractivity contribution is 0.524. The number of hydrogen-bond donors (Lipinski definition) is 0. The highest BCUT2D eigenvalue weighted by molar-refractivity contribution is 6.30. The van der Waals surface area contributed by atoms with Gasteiger partial charge in [-0.3, -0.25) is 4.68 Å². The zero-order chi connectivity index (χ0) is 8.72.